The van der Waals surface area contributed by atoms with E-state index in [1.807, 2.05) is 18.7 Å². The van der Waals surface area contributed by atoms with Crippen LogP contribution >= 0.6 is 0 Å². The summed E-state index contributed by atoms with van der Waals surface area (Å²) in [6.07, 6.45) is 1.43. The van der Waals surface area contributed by atoms with Crippen LogP contribution in [0.25, 0.3) is 0 Å². The van der Waals surface area contributed by atoms with E-state index in [1.54, 1.807) is 13.0 Å². The molecule has 1 aromatic rings. The van der Waals surface area contributed by atoms with Crippen molar-refractivity contribution in [2.45, 2.75) is 33.0 Å². The van der Waals surface area contributed by atoms with Crippen LogP contribution in [0.3, 0.4) is 0 Å². The maximum atomic E-state index is 12.0. The third kappa shape index (κ3) is 4.99. The fourth-order valence-corrected chi connectivity index (χ4v) is 2.78. The predicted molar refractivity (Wildman–Crippen MR) is 97.3 cm³/mol. The molecule has 142 valence electrons. The van der Waals surface area contributed by atoms with Gasteiger partial charge in [-0.05, 0) is 26.8 Å². The number of nitro groups is 1. The monoisotopic (exact) mass is 364 g/mol. The SMILES string of the molecule is CCN(CC)c1ccc([N+](=O)[O-])cc1/C=N\NC(=O)CC1(C)OCCO1. The lowest BCUT2D eigenvalue weighted by atomic mass is 10.1. The molecule has 0 atom stereocenters. The Bertz CT molecular complexity index is 682. The van der Waals surface area contributed by atoms with E-state index in [-0.39, 0.29) is 18.0 Å². The molecule has 9 heteroatoms. The Morgan fingerprint density at radius 3 is 2.62 bits per heavy atom. The van der Waals surface area contributed by atoms with Crippen molar-refractivity contribution < 1.29 is 19.2 Å². The lowest BCUT2D eigenvalue weighted by Gasteiger charge is -2.22. The van der Waals surface area contributed by atoms with E-state index in [9.17, 15) is 14.9 Å². The van der Waals surface area contributed by atoms with E-state index in [2.05, 4.69) is 10.5 Å². The number of carbonyl (C=O) groups is 1. The standard InChI is InChI=1S/C17H24N4O5/c1-4-20(5-2)15-7-6-14(21(23)24)10-13(15)12-18-19-16(22)11-17(3)25-8-9-26-17/h6-7,10,12H,4-5,8-9,11H2,1-3H3,(H,19,22)/b18-12-. The van der Waals surface area contributed by atoms with Crippen LogP contribution in [-0.4, -0.2) is 49.1 Å². The molecule has 0 radical (unpaired) electrons. The molecule has 1 heterocycles. The van der Waals surface area contributed by atoms with Crippen LogP contribution < -0.4 is 10.3 Å². The molecule has 1 aliphatic rings. The molecule has 0 spiro atoms. The van der Waals surface area contributed by atoms with E-state index >= 15 is 0 Å². The number of hydrogen-bond acceptors (Lipinski definition) is 7. The molecule has 2 rings (SSSR count). The fraction of sp³-hybridized carbons (Fsp3) is 0.529. The minimum absolute atomic E-state index is 0.0161. The van der Waals surface area contributed by atoms with Crippen molar-refractivity contribution in [3.63, 3.8) is 0 Å². The summed E-state index contributed by atoms with van der Waals surface area (Å²) in [6, 6.07) is 4.59. The summed E-state index contributed by atoms with van der Waals surface area (Å²) in [5.41, 5.74) is 3.75. The van der Waals surface area contributed by atoms with Crippen LogP contribution in [0, 0.1) is 10.1 Å². The number of non-ortho nitro benzene ring substituents is 1. The highest BCUT2D eigenvalue weighted by atomic mass is 16.7. The maximum Gasteiger partial charge on any atom is 0.270 e. The number of amides is 1. The Labute approximate surface area is 152 Å². The van der Waals surface area contributed by atoms with Gasteiger partial charge in [0.05, 0.1) is 30.8 Å². The van der Waals surface area contributed by atoms with Crippen LogP contribution in [0.15, 0.2) is 23.3 Å². The summed E-state index contributed by atoms with van der Waals surface area (Å²) in [6.45, 7) is 8.08. The van der Waals surface area contributed by atoms with Crippen molar-refractivity contribution in [2.24, 2.45) is 5.10 Å². The number of hydrogen-bond donors (Lipinski definition) is 1. The number of ether oxygens (including phenoxy) is 2. The molecular formula is C17H24N4O5. The topological polar surface area (TPSA) is 106 Å². The van der Waals surface area contributed by atoms with Crippen LogP contribution in [0.5, 0.6) is 0 Å². The summed E-state index contributed by atoms with van der Waals surface area (Å²) in [7, 11) is 0. The van der Waals surface area contributed by atoms with Crippen molar-refractivity contribution in [1.29, 1.82) is 0 Å². The maximum absolute atomic E-state index is 12.0. The van der Waals surface area contributed by atoms with Gasteiger partial charge in [-0.1, -0.05) is 0 Å². The number of carbonyl (C=O) groups excluding carboxylic acids is 1. The van der Waals surface area contributed by atoms with Crippen molar-refractivity contribution >= 4 is 23.5 Å². The normalized spacial score (nSPS) is 16.0. The molecule has 26 heavy (non-hydrogen) atoms. The highest BCUT2D eigenvalue weighted by Crippen LogP contribution is 2.24. The van der Waals surface area contributed by atoms with Crippen LogP contribution in [0.1, 0.15) is 32.8 Å². The van der Waals surface area contributed by atoms with Crippen molar-refractivity contribution in [3.8, 4) is 0 Å². The summed E-state index contributed by atoms with van der Waals surface area (Å²) in [4.78, 5) is 24.6. The van der Waals surface area contributed by atoms with Gasteiger partial charge in [-0.3, -0.25) is 14.9 Å². The summed E-state index contributed by atoms with van der Waals surface area (Å²) in [5.74, 6) is -1.29. The van der Waals surface area contributed by atoms with Gasteiger partial charge in [0.25, 0.3) is 5.69 Å². The number of benzene rings is 1. The average molecular weight is 364 g/mol. The first kappa shape index (κ1) is 19.8. The molecule has 0 aromatic heterocycles. The van der Waals surface area contributed by atoms with Gasteiger partial charge in [-0.2, -0.15) is 5.10 Å². The average Bonchev–Trinajstić information content (AvgIpc) is 3.02. The lowest BCUT2D eigenvalue weighted by Crippen LogP contribution is -2.33. The number of hydrazone groups is 1. The van der Waals surface area contributed by atoms with Crippen LogP contribution in [0.4, 0.5) is 11.4 Å². The van der Waals surface area contributed by atoms with Gasteiger partial charge in [0, 0.05) is 36.5 Å². The van der Waals surface area contributed by atoms with Crippen molar-refractivity contribution in [1.82, 2.24) is 5.43 Å². The second kappa shape index (κ2) is 8.72. The summed E-state index contributed by atoms with van der Waals surface area (Å²) in [5, 5.41) is 15.0. The Morgan fingerprint density at radius 2 is 2.04 bits per heavy atom. The third-order valence-electron chi connectivity index (χ3n) is 4.10. The Balaban J connectivity index is 2.12. The second-order valence-electron chi connectivity index (χ2n) is 5.97. The first-order valence-corrected chi connectivity index (χ1v) is 8.51. The number of nitrogens with one attached hydrogen (secondary N) is 1. The summed E-state index contributed by atoms with van der Waals surface area (Å²) >= 11 is 0. The minimum Gasteiger partial charge on any atom is -0.372 e. The van der Waals surface area contributed by atoms with Gasteiger partial charge < -0.3 is 14.4 Å². The van der Waals surface area contributed by atoms with E-state index in [0.29, 0.717) is 18.8 Å². The molecule has 0 unspecified atom stereocenters. The smallest absolute Gasteiger partial charge is 0.270 e. The van der Waals surface area contributed by atoms with Gasteiger partial charge in [0.1, 0.15) is 0 Å². The van der Waals surface area contributed by atoms with E-state index in [0.717, 1.165) is 18.8 Å². The Morgan fingerprint density at radius 1 is 1.38 bits per heavy atom. The highest BCUT2D eigenvalue weighted by molar-refractivity contribution is 5.90. The fourth-order valence-electron chi connectivity index (χ4n) is 2.78. The zero-order chi connectivity index (χ0) is 19.2. The molecule has 0 aliphatic carbocycles. The number of rotatable bonds is 8. The quantitative estimate of drug-likeness (QED) is 0.430. The van der Waals surface area contributed by atoms with Crippen LogP contribution in [0.2, 0.25) is 0 Å². The molecular weight excluding hydrogens is 340 g/mol. The molecule has 1 amide bonds. The lowest BCUT2D eigenvalue weighted by molar-refractivity contribution is -0.384. The molecule has 9 nitrogen and oxygen atoms in total. The largest absolute Gasteiger partial charge is 0.372 e. The molecule has 0 bridgehead atoms. The van der Waals surface area contributed by atoms with Crippen molar-refractivity contribution in [2.75, 3.05) is 31.2 Å². The van der Waals surface area contributed by atoms with Crippen LogP contribution in [-0.2, 0) is 14.3 Å². The first-order valence-electron chi connectivity index (χ1n) is 8.51. The second-order valence-corrected chi connectivity index (χ2v) is 5.97. The van der Waals surface area contributed by atoms with E-state index in [4.69, 9.17) is 9.47 Å². The molecule has 1 N–H and O–H groups in total. The van der Waals surface area contributed by atoms with E-state index in [1.165, 1.54) is 18.3 Å². The molecule has 0 saturated carbocycles. The van der Waals surface area contributed by atoms with Gasteiger partial charge in [-0.25, -0.2) is 5.43 Å². The molecule has 1 fully saturated rings. The molecule has 1 aliphatic heterocycles. The number of nitrogens with zero attached hydrogens (tertiary/aromatic N) is 3. The molecule has 1 saturated heterocycles. The predicted octanol–water partition coefficient (Wildman–Crippen LogP) is 2.04. The zero-order valence-electron chi connectivity index (χ0n) is 15.2. The van der Waals surface area contributed by atoms with Gasteiger partial charge in [0.15, 0.2) is 5.79 Å². The third-order valence-corrected chi connectivity index (χ3v) is 4.10. The Hall–Kier alpha value is -2.52. The highest BCUT2D eigenvalue weighted by Gasteiger charge is 2.33. The number of anilines is 1. The minimum atomic E-state index is -0.933. The Kier molecular flexibility index (Phi) is 6.64. The number of nitro benzene ring substituents is 1. The summed E-state index contributed by atoms with van der Waals surface area (Å²) < 4.78 is 10.8. The van der Waals surface area contributed by atoms with E-state index < -0.39 is 10.7 Å². The molecule has 1 aromatic carbocycles. The van der Waals surface area contributed by atoms with Crippen molar-refractivity contribution in [3.05, 3.63) is 33.9 Å². The van der Waals surface area contributed by atoms with Gasteiger partial charge in [0.2, 0.25) is 5.91 Å². The van der Waals surface area contributed by atoms with Gasteiger partial charge in [-0.15, -0.1) is 0 Å². The first-order chi connectivity index (χ1) is 12.4. The zero-order valence-corrected chi connectivity index (χ0v) is 15.2. The van der Waals surface area contributed by atoms with Gasteiger partial charge >= 0.3 is 0 Å².